The summed E-state index contributed by atoms with van der Waals surface area (Å²) in [6.07, 6.45) is 3.80. The van der Waals surface area contributed by atoms with E-state index in [9.17, 15) is 0 Å². The van der Waals surface area contributed by atoms with Gasteiger partial charge in [0.25, 0.3) is 6.33 Å². The molecule has 0 spiro atoms. The van der Waals surface area contributed by atoms with E-state index in [1.165, 1.54) is 0 Å². The highest BCUT2D eigenvalue weighted by atomic mass is 79.9. The van der Waals surface area contributed by atoms with Crippen LogP contribution in [0.1, 0.15) is 6.92 Å². The number of nitrogens with zero attached hydrogens (tertiary/aromatic N) is 3. The van der Waals surface area contributed by atoms with Gasteiger partial charge >= 0.3 is 0 Å². The van der Waals surface area contributed by atoms with Crippen LogP contribution < -0.4 is 4.57 Å². The number of aromatic nitrogens is 3. The monoisotopic (exact) mass is 254 g/mol. The van der Waals surface area contributed by atoms with Gasteiger partial charge in [-0.15, -0.1) is 21.7 Å². The second kappa shape index (κ2) is 4.91. The highest BCUT2D eigenvalue weighted by molar-refractivity contribution is 8.93. The number of hydrogen-bond acceptors (Lipinski definition) is 1. The Bertz CT molecular complexity index is 383. The van der Waals surface area contributed by atoms with Crippen molar-refractivity contribution in [1.29, 1.82) is 0 Å². The van der Waals surface area contributed by atoms with Gasteiger partial charge in [-0.25, -0.2) is 4.57 Å². The molecule has 0 fully saturated rings. The van der Waals surface area contributed by atoms with Crippen molar-refractivity contribution in [3.05, 3.63) is 43.0 Å². The van der Waals surface area contributed by atoms with Gasteiger partial charge in [-0.2, -0.15) is 0 Å². The predicted octanol–water partition coefficient (Wildman–Crippen LogP) is 1.76. The molecule has 1 aromatic heterocycles. The van der Waals surface area contributed by atoms with Gasteiger partial charge in [-0.3, -0.25) is 0 Å². The predicted molar refractivity (Wildman–Crippen MR) is 59.8 cm³/mol. The number of benzene rings is 1. The van der Waals surface area contributed by atoms with Crippen LogP contribution in [0.5, 0.6) is 0 Å². The average Bonchev–Trinajstić information content (AvgIpc) is 2.67. The SMILES string of the molecule is Br.CCn1c[n+](-c2ccccc2)cn1. The van der Waals surface area contributed by atoms with E-state index in [4.69, 9.17) is 0 Å². The standard InChI is InChI=1S/C10H12N3.BrH/c1-2-13-9-12(8-11-13)10-6-4-3-5-7-10;/h3-9H,2H2,1H3;1H/q+1;. The molecule has 0 aliphatic rings. The fourth-order valence-electron chi connectivity index (χ4n) is 1.22. The maximum Gasteiger partial charge on any atom is 0.270 e. The molecular weight excluding hydrogens is 242 g/mol. The second-order valence-electron chi connectivity index (χ2n) is 2.84. The molecule has 3 nitrogen and oxygen atoms in total. The van der Waals surface area contributed by atoms with Crippen LogP contribution in [0.25, 0.3) is 5.69 Å². The quantitative estimate of drug-likeness (QED) is 0.749. The highest BCUT2D eigenvalue weighted by Crippen LogP contribution is 1.96. The smallest absolute Gasteiger partial charge is 0.203 e. The molecule has 0 N–H and O–H groups in total. The van der Waals surface area contributed by atoms with Gasteiger partial charge < -0.3 is 0 Å². The lowest BCUT2D eigenvalue weighted by Crippen LogP contribution is -2.27. The maximum atomic E-state index is 4.19. The summed E-state index contributed by atoms with van der Waals surface area (Å²) in [4.78, 5) is 0. The van der Waals surface area contributed by atoms with Gasteiger partial charge in [0.1, 0.15) is 12.2 Å². The third-order valence-corrected chi connectivity index (χ3v) is 1.96. The van der Waals surface area contributed by atoms with E-state index in [2.05, 4.69) is 24.2 Å². The number of halogens is 1. The fourth-order valence-corrected chi connectivity index (χ4v) is 1.22. The summed E-state index contributed by atoms with van der Waals surface area (Å²) in [7, 11) is 0. The molecular formula is C10H13BrN3+. The first-order valence-corrected chi connectivity index (χ1v) is 4.39. The Balaban J connectivity index is 0.000000980. The number of rotatable bonds is 2. The molecule has 0 bridgehead atoms. The van der Waals surface area contributed by atoms with Gasteiger partial charge in [-0.05, 0) is 19.1 Å². The third-order valence-electron chi connectivity index (χ3n) is 1.96. The van der Waals surface area contributed by atoms with E-state index < -0.39 is 0 Å². The largest absolute Gasteiger partial charge is 0.270 e. The minimum absolute atomic E-state index is 0. The second-order valence-corrected chi connectivity index (χ2v) is 2.84. The zero-order valence-corrected chi connectivity index (χ0v) is 9.71. The Hall–Kier alpha value is -1.16. The van der Waals surface area contributed by atoms with Crippen molar-refractivity contribution in [2.24, 2.45) is 0 Å². The van der Waals surface area contributed by atoms with Crippen molar-refractivity contribution in [1.82, 2.24) is 9.78 Å². The average molecular weight is 255 g/mol. The molecule has 0 aliphatic heterocycles. The molecule has 4 heteroatoms. The van der Waals surface area contributed by atoms with Crippen molar-refractivity contribution in [3.8, 4) is 5.69 Å². The molecule has 0 saturated heterocycles. The summed E-state index contributed by atoms with van der Waals surface area (Å²) in [5.74, 6) is 0. The van der Waals surface area contributed by atoms with Gasteiger partial charge in [0.15, 0.2) is 0 Å². The van der Waals surface area contributed by atoms with E-state index in [1.807, 2.05) is 40.1 Å². The van der Waals surface area contributed by atoms with Crippen LogP contribution >= 0.6 is 17.0 Å². The molecule has 2 aromatic rings. The number of para-hydroxylation sites is 1. The Labute approximate surface area is 93.8 Å². The van der Waals surface area contributed by atoms with Gasteiger partial charge in [-0.1, -0.05) is 18.2 Å². The first kappa shape index (κ1) is 10.9. The summed E-state index contributed by atoms with van der Waals surface area (Å²) < 4.78 is 3.90. The zero-order valence-electron chi connectivity index (χ0n) is 8.00. The maximum absolute atomic E-state index is 4.19. The molecule has 0 atom stereocenters. The molecule has 0 saturated carbocycles. The first-order valence-electron chi connectivity index (χ1n) is 4.39. The van der Waals surface area contributed by atoms with Gasteiger partial charge in [0, 0.05) is 5.10 Å². The topological polar surface area (TPSA) is 21.7 Å². The van der Waals surface area contributed by atoms with E-state index in [0.29, 0.717) is 0 Å². The molecule has 0 aliphatic carbocycles. The van der Waals surface area contributed by atoms with E-state index >= 15 is 0 Å². The van der Waals surface area contributed by atoms with Crippen molar-refractivity contribution >= 4 is 17.0 Å². The van der Waals surface area contributed by atoms with E-state index in [1.54, 1.807) is 0 Å². The first-order chi connectivity index (χ1) is 6.40. The van der Waals surface area contributed by atoms with Crippen molar-refractivity contribution in [3.63, 3.8) is 0 Å². The Kier molecular flexibility index (Phi) is 3.83. The van der Waals surface area contributed by atoms with Crippen molar-refractivity contribution in [2.75, 3.05) is 0 Å². The van der Waals surface area contributed by atoms with Crippen LogP contribution in [0.3, 0.4) is 0 Å². The molecule has 0 amide bonds. The molecule has 0 radical (unpaired) electrons. The van der Waals surface area contributed by atoms with Crippen molar-refractivity contribution in [2.45, 2.75) is 13.5 Å². The lowest BCUT2D eigenvalue weighted by molar-refractivity contribution is -0.596. The minimum atomic E-state index is 0. The lowest BCUT2D eigenvalue weighted by Gasteiger charge is -1.92. The van der Waals surface area contributed by atoms with Crippen LogP contribution in [0.4, 0.5) is 0 Å². The molecule has 14 heavy (non-hydrogen) atoms. The van der Waals surface area contributed by atoms with Crippen LogP contribution in [0.15, 0.2) is 43.0 Å². The Morgan fingerprint density at radius 3 is 2.57 bits per heavy atom. The van der Waals surface area contributed by atoms with Crippen molar-refractivity contribution < 1.29 is 4.57 Å². The summed E-state index contributed by atoms with van der Waals surface area (Å²) >= 11 is 0. The summed E-state index contributed by atoms with van der Waals surface area (Å²) in [6.45, 7) is 2.97. The normalized spacial score (nSPS) is 9.50. The zero-order chi connectivity index (χ0) is 9.10. The van der Waals surface area contributed by atoms with E-state index in [-0.39, 0.29) is 17.0 Å². The summed E-state index contributed by atoms with van der Waals surface area (Å²) in [5, 5.41) is 4.19. The van der Waals surface area contributed by atoms with Gasteiger partial charge in [0.2, 0.25) is 6.33 Å². The van der Waals surface area contributed by atoms with Crippen LogP contribution in [-0.2, 0) is 6.54 Å². The Morgan fingerprint density at radius 2 is 2.00 bits per heavy atom. The minimum Gasteiger partial charge on any atom is -0.203 e. The summed E-state index contributed by atoms with van der Waals surface area (Å²) in [5.41, 5.74) is 1.14. The highest BCUT2D eigenvalue weighted by Gasteiger charge is 2.04. The number of hydrogen-bond donors (Lipinski definition) is 0. The van der Waals surface area contributed by atoms with Crippen LogP contribution in [-0.4, -0.2) is 9.78 Å². The Morgan fingerprint density at radius 1 is 1.29 bits per heavy atom. The lowest BCUT2D eigenvalue weighted by atomic mass is 10.3. The van der Waals surface area contributed by atoms with E-state index in [0.717, 1.165) is 12.2 Å². The molecule has 2 rings (SSSR count). The molecule has 74 valence electrons. The molecule has 1 heterocycles. The third kappa shape index (κ3) is 2.20. The fraction of sp³-hybridized carbons (Fsp3) is 0.200. The molecule has 1 aromatic carbocycles. The summed E-state index contributed by atoms with van der Waals surface area (Å²) in [6, 6.07) is 10.2. The van der Waals surface area contributed by atoms with Gasteiger partial charge in [0.05, 0.1) is 0 Å². The number of aryl methyl sites for hydroxylation is 1. The molecule has 0 unspecified atom stereocenters. The van der Waals surface area contributed by atoms with Crippen LogP contribution in [0, 0.1) is 0 Å². The van der Waals surface area contributed by atoms with Crippen LogP contribution in [0.2, 0.25) is 0 Å².